The number of halogens is 1. The monoisotopic (exact) mass is 297 g/mol. The van der Waals surface area contributed by atoms with Crippen molar-refractivity contribution in [1.82, 2.24) is 10.2 Å². The molecule has 1 amide bonds. The van der Waals surface area contributed by atoms with Crippen molar-refractivity contribution in [2.45, 2.75) is 6.10 Å². The second-order valence-electron chi connectivity index (χ2n) is 4.80. The minimum absolute atomic E-state index is 0.132. The Bertz CT molecular complexity index is 546. The molecule has 0 radical (unpaired) electrons. The van der Waals surface area contributed by atoms with E-state index in [1.165, 1.54) is 11.9 Å². The number of nitrogens with zero attached hydrogens (tertiary/aromatic N) is 2. The van der Waals surface area contributed by atoms with Crippen LogP contribution < -0.4 is 5.32 Å². The fraction of sp³-hybridized carbons (Fsp3) is 0.462. The van der Waals surface area contributed by atoms with Gasteiger partial charge in [-0.2, -0.15) is 0 Å². The average Bonchev–Trinajstić information content (AvgIpc) is 2.47. The van der Waals surface area contributed by atoms with Crippen LogP contribution in [0.1, 0.15) is 10.4 Å². The molecule has 1 atom stereocenters. The van der Waals surface area contributed by atoms with Gasteiger partial charge in [-0.15, -0.1) is 0 Å². The highest BCUT2D eigenvalue weighted by molar-refractivity contribution is 5.98. The fourth-order valence-electron chi connectivity index (χ4n) is 2.17. The molecule has 114 valence electrons. The Hall–Kier alpha value is -2.06. The van der Waals surface area contributed by atoms with Gasteiger partial charge in [0.25, 0.3) is 11.6 Å². The van der Waals surface area contributed by atoms with Gasteiger partial charge >= 0.3 is 0 Å². The van der Waals surface area contributed by atoms with E-state index in [4.69, 9.17) is 4.74 Å². The predicted octanol–water partition coefficient (Wildman–Crippen LogP) is 0.794. The van der Waals surface area contributed by atoms with E-state index in [0.29, 0.717) is 19.7 Å². The molecule has 1 N–H and O–H groups in total. The first-order valence-corrected chi connectivity index (χ1v) is 6.50. The maximum Gasteiger partial charge on any atom is 0.285 e. The molecule has 1 aromatic rings. The van der Waals surface area contributed by atoms with Gasteiger partial charge in [-0.25, -0.2) is 4.39 Å². The van der Waals surface area contributed by atoms with Crippen molar-refractivity contribution in [1.29, 1.82) is 0 Å². The van der Waals surface area contributed by atoms with E-state index >= 15 is 0 Å². The molecular weight excluding hydrogens is 281 g/mol. The normalized spacial score (nSPS) is 18.3. The molecule has 0 aliphatic carbocycles. The average molecular weight is 297 g/mol. The van der Waals surface area contributed by atoms with E-state index in [2.05, 4.69) is 5.32 Å². The summed E-state index contributed by atoms with van der Waals surface area (Å²) in [5.41, 5.74) is -0.665. The van der Waals surface area contributed by atoms with Crippen LogP contribution in [0.3, 0.4) is 0 Å². The molecule has 0 bridgehead atoms. The zero-order valence-electron chi connectivity index (χ0n) is 11.5. The molecule has 1 aliphatic rings. The minimum atomic E-state index is -0.761. The van der Waals surface area contributed by atoms with Crippen LogP contribution in [0.25, 0.3) is 0 Å². The highest BCUT2D eigenvalue weighted by Gasteiger charge is 2.25. The van der Waals surface area contributed by atoms with Crippen molar-refractivity contribution >= 4 is 11.6 Å². The molecule has 1 heterocycles. The maximum atomic E-state index is 13.1. The summed E-state index contributed by atoms with van der Waals surface area (Å²) in [6.45, 7) is 2.24. The van der Waals surface area contributed by atoms with Crippen LogP contribution in [0.5, 0.6) is 0 Å². The number of ether oxygens (including phenoxy) is 1. The Morgan fingerprint density at radius 1 is 1.62 bits per heavy atom. The van der Waals surface area contributed by atoms with E-state index < -0.39 is 22.3 Å². The highest BCUT2D eigenvalue weighted by Crippen LogP contribution is 2.21. The summed E-state index contributed by atoms with van der Waals surface area (Å²) in [5.74, 6) is -1.28. The molecule has 1 unspecified atom stereocenters. The lowest BCUT2D eigenvalue weighted by atomic mass is 10.1. The minimum Gasteiger partial charge on any atom is -0.374 e. The maximum absolute atomic E-state index is 13.1. The smallest absolute Gasteiger partial charge is 0.285 e. The highest BCUT2D eigenvalue weighted by atomic mass is 19.1. The van der Waals surface area contributed by atoms with Crippen molar-refractivity contribution in [3.8, 4) is 0 Å². The van der Waals surface area contributed by atoms with Gasteiger partial charge in [0, 0.05) is 26.7 Å². The van der Waals surface area contributed by atoms with Crippen LogP contribution in [0.4, 0.5) is 10.1 Å². The molecule has 21 heavy (non-hydrogen) atoms. The second-order valence-corrected chi connectivity index (χ2v) is 4.80. The molecule has 7 nitrogen and oxygen atoms in total. The number of morpholine rings is 1. The summed E-state index contributed by atoms with van der Waals surface area (Å²) in [6, 6.07) is 2.92. The van der Waals surface area contributed by atoms with Gasteiger partial charge in [0.1, 0.15) is 11.4 Å². The lowest BCUT2D eigenvalue weighted by Crippen LogP contribution is -2.45. The number of carbonyl (C=O) groups is 1. The van der Waals surface area contributed by atoms with Gasteiger partial charge in [-0.05, 0) is 12.1 Å². The number of hydrogen-bond donors (Lipinski definition) is 1. The van der Waals surface area contributed by atoms with Crippen LogP contribution >= 0.6 is 0 Å². The van der Waals surface area contributed by atoms with Crippen LogP contribution in [0, 0.1) is 15.9 Å². The Kier molecular flexibility index (Phi) is 4.81. The number of likely N-dealkylation sites (N-methyl/N-ethyl adjacent to an activating group) is 1. The van der Waals surface area contributed by atoms with Gasteiger partial charge in [-0.1, -0.05) is 0 Å². The number of nitro groups is 1. The zero-order valence-corrected chi connectivity index (χ0v) is 11.5. The number of hydrogen-bond acceptors (Lipinski definition) is 5. The number of nitro benzene ring substituents is 1. The summed E-state index contributed by atoms with van der Waals surface area (Å²) in [6.07, 6.45) is -0.160. The number of amides is 1. The SMILES string of the molecule is CN(CC1CNCCO1)C(=O)c1ccc(F)cc1[N+](=O)[O-]. The summed E-state index contributed by atoms with van der Waals surface area (Å²) in [7, 11) is 1.54. The predicted molar refractivity (Wildman–Crippen MR) is 72.6 cm³/mol. The van der Waals surface area contributed by atoms with E-state index in [1.54, 1.807) is 0 Å². The number of nitrogens with one attached hydrogen (secondary N) is 1. The quantitative estimate of drug-likeness (QED) is 0.656. The third-order valence-corrected chi connectivity index (χ3v) is 3.22. The first-order valence-electron chi connectivity index (χ1n) is 6.50. The molecule has 0 aromatic heterocycles. The van der Waals surface area contributed by atoms with Crippen molar-refractivity contribution in [2.24, 2.45) is 0 Å². The molecule has 0 spiro atoms. The molecule has 1 saturated heterocycles. The Balaban J connectivity index is 2.13. The lowest BCUT2D eigenvalue weighted by Gasteiger charge is -2.28. The fourth-order valence-corrected chi connectivity index (χ4v) is 2.17. The Labute approximate surface area is 120 Å². The first kappa shape index (κ1) is 15.3. The van der Waals surface area contributed by atoms with Gasteiger partial charge in [-0.3, -0.25) is 14.9 Å². The second kappa shape index (κ2) is 6.59. The summed E-state index contributed by atoms with van der Waals surface area (Å²) < 4.78 is 18.6. The summed E-state index contributed by atoms with van der Waals surface area (Å²) in [4.78, 5) is 23.8. The number of rotatable bonds is 4. The third-order valence-electron chi connectivity index (χ3n) is 3.22. The number of carbonyl (C=O) groups excluding carboxylic acids is 1. The molecule has 1 fully saturated rings. The van der Waals surface area contributed by atoms with E-state index in [1.807, 2.05) is 0 Å². The Morgan fingerprint density at radius 3 is 3.00 bits per heavy atom. The lowest BCUT2D eigenvalue weighted by molar-refractivity contribution is -0.385. The van der Waals surface area contributed by atoms with Crippen LogP contribution in [-0.2, 0) is 4.74 Å². The zero-order chi connectivity index (χ0) is 15.4. The van der Waals surface area contributed by atoms with Gasteiger partial charge in [0.2, 0.25) is 0 Å². The van der Waals surface area contributed by atoms with Crippen molar-refractivity contribution < 1.29 is 18.8 Å². The van der Waals surface area contributed by atoms with Crippen molar-refractivity contribution in [3.63, 3.8) is 0 Å². The van der Waals surface area contributed by atoms with Gasteiger partial charge in [0.05, 0.1) is 23.7 Å². The van der Waals surface area contributed by atoms with E-state index in [9.17, 15) is 19.3 Å². The van der Waals surface area contributed by atoms with Crippen LogP contribution in [0.15, 0.2) is 18.2 Å². The molecule has 8 heteroatoms. The van der Waals surface area contributed by atoms with Crippen molar-refractivity contribution in [2.75, 3.05) is 33.3 Å². The van der Waals surface area contributed by atoms with Gasteiger partial charge in [0.15, 0.2) is 0 Å². The molecular formula is C13H16FN3O4. The standard InChI is InChI=1S/C13H16FN3O4/c1-16(8-10-7-15-4-5-21-10)13(18)11-3-2-9(14)6-12(11)17(19)20/h2-3,6,10,15H,4-5,7-8H2,1H3. The van der Waals surface area contributed by atoms with Crippen LogP contribution in [0.2, 0.25) is 0 Å². The third kappa shape index (κ3) is 3.73. The summed E-state index contributed by atoms with van der Waals surface area (Å²) in [5, 5.41) is 14.1. The van der Waals surface area contributed by atoms with E-state index in [0.717, 1.165) is 24.7 Å². The number of benzene rings is 1. The molecule has 2 rings (SSSR count). The van der Waals surface area contributed by atoms with Crippen LogP contribution in [-0.4, -0.2) is 55.1 Å². The van der Waals surface area contributed by atoms with E-state index in [-0.39, 0.29) is 11.7 Å². The Morgan fingerprint density at radius 2 is 2.38 bits per heavy atom. The molecule has 1 aromatic carbocycles. The molecule has 0 saturated carbocycles. The molecule has 1 aliphatic heterocycles. The first-order chi connectivity index (χ1) is 9.99. The largest absolute Gasteiger partial charge is 0.374 e. The topological polar surface area (TPSA) is 84.7 Å². The summed E-state index contributed by atoms with van der Waals surface area (Å²) >= 11 is 0. The van der Waals surface area contributed by atoms with Crippen molar-refractivity contribution in [3.05, 3.63) is 39.7 Å². The van der Waals surface area contributed by atoms with Gasteiger partial charge < -0.3 is 15.0 Å².